The number of phenolic OH excluding ortho intramolecular Hbond substituents is 1. The number of H-pyrrole nitrogens is 1. The molecule has 0 bridgehead atoms. The van der Waals surface area contributed by atoms with Crippen LogP contribution in [0, 0.1) is 0 Å². The lowest BCUT2D eigenvalue weighted by Crippen LogP contribution is -2.25. The van der Waals surface area contributed by atoms with Crippen molar-refractivity contribution in [3.05, 3.63) is 59.8 Å². The van der Waals surface area contributed by atoms with Crippen molar-refractivity contribution in [2.45, 2.75) is 26.2 Å². The predicted octanol–water partition coefficient (Wildman–Crippen LogP) is 3.13. The molecule has 162 valence electrons. The number of hydrogen-bond donors (Lipinski definition) is 4. The molecule has 2 aromatic rings. The quantitative estimate of drug-likeness (QED) is 0.412. The number of rotatable bonds is 7. The Balaban J connectivity index is 0.000000297. The zero-order valence-electron chi connectivity index (χ0n) is 17.6. The van der Waals surface area contributed by atoms with Crippen molar-refractivity contribution in [1.82, 2.24) is 9.88 Å². The fourth-order valence-corrected chi connectivity index (χ4v) is 3.21. The Morgan fingerprint density at radius 3 is 2.67 bits per heavy atom. The number of phenols is 1. The van der Waals surface area contributed by atoms with Crippen molar-refractivity contribution in [2.24, 2.45) is 5.73 Å². The number of aromatic amines is 1. The van der Waals surface area contributed by atoms with Crippen LogP contribution in [0.3, 0.4) is 0 Å². The van der Waals surface area contributed by atoms with Gasteiger partial charge in [0, 0.05) is 42.7 Å². The third-order valence-corrected chi connectivity index (χ3v) is 4.87. The third kappa shape index (κ3) is 6.42. The summed E-state index contributed by atoms with van der Waals surface area (Å²) in [4.78, 5) is 15.6. The van der Waals surface area contributed by atoms with Gasteiger partial charge in [-0.15, -0.1) is 0 Å². The van der Waals surface area contributed by atoms with Crippen molar-refractivity contribution in [1.29, 1.82) is 0 Å². The molecule has 30 heavy (non-hydrogen) atoms. The van der Waals surface area contributed by atoms with Crippen LogP contribution in [0.4, 0.5) is 5.82 Å². The zero-order valence-corrected chi connectivity index (χ0v) is 17.6. The van der Waals surface area contributed by atoms with Gasteiger partial charge in [0.2, 0.25) is 5.91 Å². The maximum atomic E-state index is 10.8. The van der Waals surface area contributed by atoms with Crippen molar-refractivity contribution in [2.75, 3.05) is 32.0 Å². The summed E-state index contributed by atoms with van der Waals surface area (Å²) in [6.45, 7) is 8.53. The van der Waals surface area contributed by atoms with E-state index in [1.165, 1.54) is 6.08 Å². The molecule has 1 aliphatic heterocycles. The number of benzene rings is 1. The Kier molecular flexibility index (Phi) is 9.03. The first-order chi connectivity index (χ1) is 14.5. The van der Waals surface area contributed by atoms with Gasteiger partial charge in [-0.25, -0.2) is 0 Å². The second-order valence-corrected chi connectivity index (χ2v) is 6.94. The molecular weight excluding hydrogens is 380 g/mol. The second kappa shape index (κ2) is 11.7. The fourth-order valence-electron chi connectivity index (χ4n) is 3.21. The number of carbonyl (C=O) groups is 1. The van der Waals surface area contributed by atoms with Crippen LogP contribution < -0.4 is 11.5 Å². The normalized spacial score (nSPS) is 13.6. The summed E-state index contributed by atoms with van der Waals surface area (Å²) in [6.07, 6.45) is 8.08. The number of amides is 1. The van der Waals surface area contributed by atoms with Gasteiger partial charge < -0.3 is 31.2 Å². The third-order valence-electron chi connectivity index (χ3n) is 4.87. The highest BCUT2D eigenvalue weighted by Crippen LogP contribution is 2.26. The Morgan fingerprint density at radius 1 is 1.33 bits per heavy atom. The van der Waals surface area contributed by atoms with Crippen LogP contribution in [0.25, 0.3) is 11.8 Å². The van der Waals surface area contributed by atoms with Crippen molar-refractivity contribution in [3.8, 4) is 5.75 Å². The molecule has 0 unspecified atom stereocenters. The molecule has 1 aliphatic rings. The molecule has 2 heterocycles. The highest BCUT2D eigenvalue weighted by molar-refractivity contribution is 5.87. The number of hydrogen-bond acceptors (Lipinski definition) is 5. The van der Waals surface area contributed by atoms with E-state index in [2.05, 4.69) is 11.6 Å². The molecule has 3 rings (SSSR count). The molecule has 1 aromatic carbocycles. The Bertz CT molecular complexity index is 867. The number of nitrogen functional groups attached to an aromatic ring is 1. The highest BCUT2D eigenvalue weighted by Gasteiger charge is 2.14. The van der Waals surface area contributed by atoms with E-state index in [0.29, 0.717) is 30.3 Å². The highest BCUT2D eigenvalue weighted by atomic mass is 16.5. The maximum absolute atomic E-state index is 10.8. The number of aromatic hydroxyl groups is 1. The molecule has 1 saturated heterocycles. The van der Waals surface area contributed by atoms with Crippen LogP contribution in [0.15, 0.2) is 43.1 Å². The number of ether oxygens (including phenoxy) is 1. The molecule has 1 aromatic heterocycles. The van der Waals surface area contributed by atoms with E-state index in [4.69, 9.17) is 16.2 Å². The van der Waals surface area contributed by atoms with Crippen LogP contribution in [0.1, 0.15) is 36.5 Å². The number of likely N-dealkylation sites (tertiary alicyclic amines) is 1. The average Bonchev–Trinajstić information content (AvgIpc) is 3.40. The lowest BCUT2D eigenvalue weighted by molar-refractivity contribution is -0.124. The summed E-state index contributed by atoms with van der Waals surface area (Å²) in [5.41, 5.74) is 15.0. The van der Waals surface area contributed by atoms with Gasteiger partial charge in [-0.3, -0.25) is 4.79 Å². The zero-order chi connectivity index (χ0) is 21.9. The van der Waals surface area contributed by atoms with Crippen LogP contribution in [0.2, 0.25) is 0 Å². The van der Waals surface area contributed by atoms with Crippen molar-refractivity contribution >= 4 is 23.5 Å². The van der Waals surface area contributed by atoms with E-state index in [1.54, 1.807) is 24.3 Å². The molecule has 0 atom stereocenters. The van der Waals surface area contributed by atoms with E-state index in [9.17, 15) is 9.90 Å². The number of nitrogens with one attached hydrogen (secondary N) is 1. The number of carbonyl (C=O) groups excluding carboxylic acids is 1. The maximum Gasteiger partial charge on any atom is 0.245 e. The largest absolute Gasteiger partial charge is 0.507 e. The monoisotopic (exact) mass is 412 g/mol. The van der Waals surface area contributed by atoms with Gasteiger partial charge in [0.25, 0.3) is 0 Å². The van der Waals surface area contributed by atoms with E-state index in [1.807, 2.05) is 24.1 Å². The van der Waals surface area contributed by atoms with Crippen molar-refractivity contribution in [3.63, 3.8) is 0 Å². The van der Waals surface area contributed by atoms with Gasteiger partial charge >= 0.3 is 0 Å². The number of nitrogens with zero attached hydrogens (tertiary/aromatic N) is 1. The Hall–Kier alpha value is -3.19. The summed E-state index contributed by atoms with van der Waals surface area (Å²) in [5.74, 6) is 0.781. The fraction of sp³-hybridized carbons (Fsp3) is 0.348. The van der Waals surface area contributed by atoms with E-state index in [-0.39, 0.29) is 11.7 Å². The van der Waals surface area contributed by atoms with Gasteiger partial charge in [-0.1, -0.05) is 18.7 Å². The number of aromatic nitrogens is 1. The van der Waals surface area contributed by atoms with Crippen LogP contribution in [0.5, 0.6) is 5.75 Å². The molecule has 7 heteroatoms. The molecule has 0 radical (unpaired) electrons. The summed E-state index contributed by atoms with van der Waals surface area (Å²) in [5, 5.41) is 9.84. The first-order valence-electron chi connectivity index (χ1n) is 10.2. The van der Waals surface area contributed by atoms with Crippen LogP contribution >= 0.6 is 0 Å². The van der Waals surface area contributed by atoms with Gasteiger partial charge in [0.15, 0.2) is 0 Å². The SMILES string of the molecule is C=CC(=O)N1CCCC1.CCOCCc1c[nH]c(N)c1/C=C(\N)c1ccccc1O. The summed E-state index contributed by atoms with van der Waals surface area (Å²) >= 11 is 0. The van der Waals surface area contributed by atoms with Crippen molar-refractivity contribution < 1.29 is 14.6 Å². The second-order valence-electron chi connectivity index (χ2n) is 6.94. The lowest BCUT2D eigenvalue weighted by atomic mass is 10.1. The van der Waals surface area contributed by atoms with Gasteiger partial charge in [0.05, 0.1) is 6.61 Å². The minimum Gasteiger partial charge on any atom is -0.507 e. The van der Waals surface area contributed by atoms with Crippen LogP contribution in [-0.4, -0.2) is 47.2 Å². The Labute approximate surface area is 178 Å². The minimum absolute atomic E-state index is 0.0764. The van der Waals surface area contributed by atoms with Gasteiger partial charge in [-0.2, -0.15) is 0 Å². The minimum atomic E-state index is 0.0764. The summed E-state index contributed by atoms with van der Waals surface area (Å²) in [6, 6.07) is 6.95. The summed E-state index contributed by atoms with van der Waals surface area (Å²) < 4.78 is 5.36. The standard InChI is InChI=1S/C16H21N3O2.C7H11NO/c1-2-21-8-7-11-10-19-16(18)13(11)9-14(17)12-5-3-4-6-15(12)20;1-2-7(9)8-5-3-4-6-8/h3-6,9-10,19-20H,2,7-8,17-18H2,1H3;2H,1,3-6H2/b14-9-;. The lowest BCUT2D eigenvalue weighted by Gasteiger charge is -2.10. The molecule has 0 saturated carbocycles. The smallest absolute Gasteiger partial charge is 0.245 e. The van der Waals surface area contributed by atoms with Gasteiger partial charge in [0.1, 0.15) is 11.6 Å². The Morgan fingerprint density at radius 2 is 2.03 bits per heavy atom. The number of para-hydroxylation sites is 1. The molecule has 0 spiro atoms. The topological polar surface area (TPSA) is 118 Å². The molecular formula is C23H32N4O3. The molecule has 1 amide bonds. The summed E-state index contributed by atoms with van der Waals surface area (Å²) in [7, 11) is 0. The molecule has 6 N–H and O–H groups in total. The van der Waals surface area contributed by atoms with E-state index in [0.717, 1.165) is 43.5 Å². The van der Waals surface area contributed by atoms with Gasteiger partial charge in [-0.05, 0) is 56.0 Å². The first kappa shape index (κ1) is 23.1. The van der Waals surface area contributed by atoms with Crippen LogP contribution in [-0.2, 0) is 16.0 Å². The predicted molar refractivity (Wildman–Crippen MR) is 122 cm³/mol. The van der Waals surface area contributed by atoms with E-state index < -0.39 is 0 Å². The number of nitrogens with two attached hydrogens (primary N) is 2. The number of anilines is 1. The average molecular weight is 413 g/mol. The molecule has 7 nitrogen and oxygen atoms in total. The first-order valence-corrected chi connectivity index (χ1v) is 10.2. The molecule has 0 aliphatic carbocycles. The molecule has 1 fully saturated rings. The van der Waals surface area contributed by atoms with E-state index >= 15 is 0 Å².